The van der Waals surface area contributed by atoms with Crippen molar-refractivity contribution in [3.63, 3.8) is 0 Å². The lowest BCUT2D eigenvalue weighted by Gasteiger charge is -2.28. The Kier molecular flexibility index (Phi) is 10.8. The van der Waals surface area contributed by atoms with Gasteiger partial charge in [0, 0.05) is 22.9 Å². The average molecular weight is 532 g/mol. The number of rotatable bonds is 7. The molecule has 0 unspecified atom stereocenters. The van der Waals surface area contributed by atoms with Crippen molar-refractivity contribution in [2.24, 2.45) is 0 Å². The fourth-order valence-electron chi connectivity index (χ4n) is 3.59. The molecule has 1 amide bonds. The summed E-state index contributed by atoms with van der Waals surface area (Å²) in [7, 11) is 0. The Bertz CT molecular complexity index is 1350. The molecule has 9 heteroatoms. The Labute approximate surface area is 229 Å². The van der Waals surface area contributed by atoms with E-state index in [4.69, 9.17) is 20.0 Å². The quantitative estimate of drug-likeness (QED) is 0.312. The highest BCUT2D eigenvalue weighted by Crippen LogP contribution is 2.29. The van der Waals surface area contributed by atoms with Crippen LogP contribution in [0.25, 0.3) is 0 Å². The van der Waals surface area contributed by atoms with Gasteiger partial charge in [0.05, 0.1) is 42.0 Å². The van der Waals surface area contributed by atoms with Crippen molar-refractivity contribution in [3.05, 3.63) is 88.2 Å². The third-order valence-corrected chi connectivity index (χ3v) is 5.49. The number of pyridine rings is 1. The van der Waals surface area contributed by atoms with Crippen LogP contribution in [0.2, 0.25) is 0 Å². The van der Waals surface area contributed by atoms with Gasteiger partial charge in [0.15, 0.2) is 5.75 Å². The summed E-state index contributed by atoms with van der Waals surface area (Å²) in [5.74, 6) is 0.274. The Morgan fingerprint density at radius 3 is 2.03 bits per heavy atom. The molecule has 0 spiro atoms. The van der Waals surface area contributed by atoms with Crippen LogP contribution in [0.4, 0.5) is 10.5 Å². The van der Waals surface area contributed by atoms with Crippen molar-refractivity contribution in [3.8, 4) is 17.9 Å². The molecule has 2 aromatic carbocycles. The van der Waals surface area contributed by atoms with E-state index in [9.17, 15) is 15.1 Å². The summed E-state index contributed by atoms with van der Waals surface area (Å²) in [6.07, 6.45) is 0.780. The van der Waals surface area contributed by atoms with Gasteiger partial charge in [-0.25, -0.2) is 4.79 Å². The van der Waals surface area contributed by atoms with E-state index in [1.165, 1.54) is 11.1 Å². The number of aliphatic hydroxyl groups excluding tert-OH is 1. The van der Waals surface area contributed by atoms with Crippen molar-refractivity contribution < 1.29 is 29.3 Å². The third-order valence-electron chi connectivity index (χ3n) is 5.49. The highest BCUT2D eigenvalue weighted by molar-refractivity contribution is 5.88. The molecule has 0 aliphatic rings. The number of amides is 1. The van der Waals surface area contributed by atoms with Gasteiger partial charge in [-0.2, -0.15) is 10.5 Å². The van der Waals surface area contributed by atoms with Crippen LogP contribution in [0, 0.1) is 29.6 Å². The van der Waals surface area contributed by atoms with E-state index in [0.29, 0.717) is 33.6 Å². The minimum atomic E-state index is -0.763. The lowest BCUT2D eigenvalue weighted by atomic mass is 10.1. The van der Waals surface area contributed by atoms with Crippen molar-refractivity contribution in [1.29, 1.82) is 10.5 Å². The molecule has 39 heavy (non-hydrogen) atoms. The molecule has 0 radical (unpaired) electrons. The fourth-order valence-corrected chi connectivity index (χ4v) is 3.59. The van der Waals surface area contributed by atoms with Crippen LogP contribution >= 0.6 is 0 Å². The number of hydrogen-bond acceptors (Lipinski definition) is 7. The number of nitriles is 2. The van der Waals surface area contributed by atoms with Crippen LogP contribution in [0.5, 0.6) is 5.75 Å². The summed E-state index contributed by atoms with van der Waals surface area (Å²) in [4.78, 5) is 14.5. The van der Waals surface area contributed by atoms with Gasteiger partial charge in [-0.05, 0) is 62.7 Å². The normalized spacial score (nSPS) is 10.4. The molecule has 0 atom stereocenters. The van der Waals surface area contributed by atoms with Gasteiger partial charge in [-0.3, -0.25) is 10.1 Å². The summed E-state index contributed by atoms with van der Waals surface area (Å²) >= 11 is 0. The summed E-state index contributed by atoms with van der Waals surface area (Å²) in [5.41, 5.74) is 2.67. The van der Waals surface area contributed by atoms with E-state index < -0.39 is 18.3 Å². The summed E-state index contributed by atoms with van der Waals surface area (Å²) in [5, 5.41) is 39.0. The number of nitrogens with zero attached hydrogens (tertiary/aromatic N) is 4. The number of hydrogen-bond donors (Lipinski definition) is 2. The zero-order valence-electron chi connectivity index (χ0n) is 23.2. The van der Waals surface area contributed by atoms with Crippen LogP contribution in [0.1, 0.15) is 68.1 Å². The van der Waals surface area contributed by atoms with Gasteiger partial charge in [0.25, 0.3) is 5.69 Å². The van der Waals surface area contributed by atoms with E-state index in [1.54, 1.807) is 76.2 Å². The molecule has 0 aliphatic carbocycles. The fraction of sp³-hybridized carbons (Fsp3) is 0.333. The second-order valence-electron chi connectivity index (χ2n) is 9.37. The van der Waals surface area contributed by atoms with E-state index in [0.717, 1.165) is 10.3 Å². The largest absolute Gasteiger partial charge is 0.482 e. The highest BCUT2D eigenvalue weighted by atomic mass is 16.6. The second-order valence-corrected chi connectivity index (χ2v) is 9.37. The van der Waals surface area contributed by atoms with Crippen LogP contribution in [-0.4, -0.2) is 22.0 Å². The SMILES string of the molecule is CC.Cc1c(OCc2ccc(C#N)cc2)c(CO)c(CN(C(=O)OC(C)(C)C)c2ccc(C#N)cc2)c[n+]1O. The lowest BCUT2D eigenvalue weighted by molar-refractivity contribution is -0.909. The molecule has 0 aliphatic heterocycles. The number of carbonyl (C=O) groups is 1. The van der Waals surface area contributed by atoms with Crippen LogP contribution in [0.3, 0.4) is 0 Å². The van der Waals surface area contributed by atoms with Gasteiger partial charge < -0.3 is 14.6 Å². The Hall–Kier alpha value is -4.60. The molecular weight excluding hydrogens is 496 g/mol. The van der Waals surface area contributed by atoms with E-state index in [1.807, 2.05) is 19.9 Å². The van der Waals surface area contributed by atoms with Crippen LogP contribution < -0.4 is 14.4 Å². The molecule has 0 bridgehead atoms. The summed E-state index contributed by atoms with van der Waals surface area (Å²) in [6.45, 7) is 10.6. The van der Waals surface area contributed by atoms with Crippen molar-refractivity contribution in [2.75, 3.05) is 4.90 Å². The molecule has 9 nitrogen and oxygen atoms in total. The Balaban J connectivity index is 0.00000260. The molecule has 3 rings (SSSR count). The third kappa shape index (κ3) is 8.19. The van der Waals surface area contributed by atoms with Gasteiger partial charge in [0.2, 0.25) is 6.20 Å². The first-order chi connectivity index (χ1) is 18.6. The van der Waals surface area contributed by atoms with Crippen molar-refractivity contribution >= 4 is 11.8 Å². The molecule has 0 saturated carbocycles. The number of ether oxygens (including phenoxy) is 2. The Morgan fingerprint density at radius 2 is 1.54 bits per heavy atom. The number of carbonyl (C=O) groups excluding carboxylic acids is 1. The first-order valence-corrected chi connectivity index (χ1v) is 12.6. The maximum Gasteiger partial charge on any atom is 0.415 e. The molecule has 204 valence electrons. The van der Waals surface area contributed by atoms with Gasteiger partial charge in [0.1, 0.15) is 12.2 Å². The molecule has 0 saturated heterocycles. The van der Waals surface area contributed by atoms with E-state index in [2.05, 4.69) is 6.07 Å². The van der Waals surface area contributed by atoms with Crippen molar-refractivity contribution in [1.82, 2.24) is 0 Å². The molecule has 0 fully saturated rings. The summed E-state index contributed by atoms with van der Waals surface area (Å²) < 4.78 is 12.5. The van der Waals surface area contributed by atoms with Crippen LogP contribution in [-0.2, 0) is 24.5 Å². The van der Waals surface area contributed by atoms with Gasteiger partial charge in [-0.15, -0.1) is 0 Å². The molecule has 1 heterocycles. The highest BCUT2D eigenvalue weighted by Gasteiger charge is 2.29. The van der Waals surface area contributed by atoms with E-state index >= 15 is 0 Å². The number of anilines is 1. The smallest absolute Gasteiger partial charge is 0.415 e. The molecular formula is C30H35N4O5+. The predicted octanol–water partition coefficient (Wildman–Crippen LogP) is 5.30. The monoisotopic (exact) mass is 531 g/mol. The van der Waals surface area contributed by atoms with Crippen molar-refractivity contribution in [2.45, 2.75) is 66.9 Å². The minimum absolute atomic E-state index is 0.0508. The molecule has 3 aromatic rings. The standard InChI is InChI=1S/C28H29N4O5.C2H6/c1-19-26(36-18-22-7-5-20(13-29)6-8-22)25(17-33)23(16-32(19)35)15-31(27(34)37-28(2,3)4)24-11-9-21(14-30)10-12-24;1-2/h5-12,16,33,35H,15,17-18H2,1-4H3;1-2H3/q+1;. The van der Waals surface area contributed by atoms with E-state index in [-0.39, 0.29) is 18.9 Å². The molecule has 2 N–H and O–H groups in total. The maximum absolute atomic E-state index is 13.2. The first-order valence-electron chi connectivity index (χ1n) is 12.6. The zero-order valence-corrected chi connectivity index (χ0v) is 23.2. The summed E-state index contributed by atoms with van der Waals surface area (Å²) in [6, 6.07) is 17.4. The zero-order chi connectivity index (χ0) is 29.2. The number of aliphatic hydroxyl groups is 1. The predicted molar refractivity (Wildman–Crippen MR) is 145 cm³/mol. The molecule has 1 aromatic heterocycles. The maximum atomic E-state index is 13.2. The lowest BCUT2D eigenvalue weighted by Crippen LogP contribution is -2.39. The van der Waals surface area contributed by atoms with Gasteiger partial charge >= 0.3 is 6.09 Å². The van der Waals surface area contributed by atoms with Gasteiger partial charge in [-0.1, -0.05) is 26.0 Å². The topological polar surface area (TPSA) is 131 Å². The Morgan fingerprint density at radius 1 is 1.00 bits per heavy atom. The first kappa shape index (κ1) is 30.6. The minimum Gasteiger partial charge on any atom is -0.482 e. The second kappa shape index (κ2) is 13.8. The van der Waals surface area contributed by atoms with Crippen LogP contribution in [0.15, 0.2) is 54.7 Å². The average Bonchev–Trinajstić information content (AvgIpc) is 2.93. The number of aromatic nitrogens is 1. The number of benzene rings is 2.